The van der Waals surface area contributed by atoms with Crippen LogP contribution in [-0.2, 0) is 0 Å². The molecule has 98 valence electrons. The maximum Gasteiger partial charge on any atom is 0.260 e. The first kappa shape index (κ1) is 12.7. The van der Waals surface area contributed by atoms with Crippen molar-refractivity contribution in [2.24, 2.45) is 0 Å². The van der Waals surface area contributed by atoms with Crippen molar-refractivity contribution in [2.45, 2.75) is 13.0 Å². The normalized spacial score (nSPS) is 16.9. The lowest BCUT2D eigenvalue weighted by Gasteiger charge is -2.20. The van der Waals surface area contributed by atoms with Crippen LogP contribution in [0.3, 0.4) is 0 Å². The second kappa shape index (κ2) is 4.66. The van der Waals surface area contributed by atoms with Crippen molar-refractivity contribution in [2.75, 3.05) is 4.90 Å². The number of nitrogens with zero attached hydrogens (tertiary/aromatic N) is 2. The van der Waals surface area contributed by atoms with Crippen LogP contribution in [0.2, 0.25) is 5.02 Å². The summed E-state index contributed by atoms with van der Waals surface area (Å²) in [4.78, 5) is 14.0. The number of hydrogen-bond donors (Lipinski definition) is 0. The first-order valence-corrected chi connectivity index (χ1v) is 6.59. The van der Waals surface area contributed by atoms with Gasteiger partial charge in [-0.25, -0.2) is 0 Å². The van der Waals surface area contributed by atoms with Crippen LogP contribution in [0.15, 0.2) is 42.5 Å². The highest BCUT2D eigenvalue weighted by Crippen LogP contribution is 2.38. The maximum absolute atomic E-state index is 12.5. The lowest BCUT2D eigenvalue weighted by atomic mass is 10.1. The van der Waals surface area contributed by atoms with Gasteiger partial charge in [0.05, 0.1) is 6.07 Å². The Hall–Kier alpha value is -2.31. The highest BCUT2D eigenvalue weighted by atomic mass is 35.5. The van der Waals surface area contributed by atoms with Crippen LogP contribution in [0.25, 0.3) is 0 Å². The van der Waals surface area contributed by atoms with Crippen LogP contribution >= 0.6 is 11.6 Å². The highest BCUT2D eigenvalue weighted by Gasteiger charge is 2.37. The number of aryl methyl sites for hydroxylation is 1. The molecule has 0 aliphatic carbocycles. The molecule has 1 heterocycles. The summed E-state index contributed by atoms with van der Waals surface area (Å²) in [6.45, 7) is 1.90. The Morgan fingerprint density at radius 3 is 2.70 bits per heavy atom. The van der Waals surface area contributed by atoms with E-state index >= 15 is 0 Å². The molecule has 0 saturated heterocycles. The number of amides is 1. The molecule has 3 rings (SSSR count). The average molecular weight is 283 g/mol. The lowest BCUT2D eigenvalue weighted by molar-refractivity contribution is 0.0994. The van der Waals surface area contributed by atoms with Crippen LogP contribution in [-0.4, -0.2) is 5.91 Å². The van der Waals surface area contributed by atoms with E-state index in [1.165, 1.54) is 4.90 Å². The van der Waals surface area contributed by atoms with E-state index in [9.17, 15) is 10.1 Å². The third-order valence-corrected chi connectivity index (χ3v) is 3.93. The van der Waals surface area contributed by atoms with Crippen molar-refractivity contribution in [3.8, 4) is 6.07 Å². The number of anilines is 1. The summed E-state index contributed by atoms with van der Waals surface area (Å²) < 4.78 is 0. The molecule has 4 heteroatoms. The molecule has 0 saturated carbocycles. The van der Waals surface area contributed by atoms with Gasteiger partial charge in [-0.3, -0.25) is 9.69 Å². The predicted octanol–water partition coefficient (Wildman–Crippen LogP) is 3.87. The minimum Gasteiger partial charge on any atom is -0.288 e. The molecular formula is C16H11ClN2O. The topological polar surface area (TPSA) is 44.1 Å². The number of carbonyl (C=O) groups is 1. The molecular weight excluding hydrogens is 272 g/mol. The van der Waals surface area contributed by atoms with E-state index in [1.54, 1.807) is 18.2 Å². The molecule has 2 aromatic carbocycles. The molecule has 0 spiro atoms. The van der Waals surface area contributed by atoms with E-state index in [-0.39, 0.29) is 5.91 Å². The molecule has 0 radical (unpaired) electrons. The van der Waals surface area contributed by atoms with E-state index in [1.807, 2.05) is 31.2 Å². The zero-order valence-corrected chi connectivity index (χ0v) is 11.6. The van der Waals surface area contributed by atoms with Gasteiger partial charge in [0.15, 0.2) is 6.04 Å². The Bertz CT molecular complexity index is 748. The van der Waals surface area contributed by atoms with Gasteiger partial charge in [0.1, 0.15) is 0 Å². The number of benzene rings is 2. The number of halogens is 1. The fourth-order valence-electron chi connectivity index (χ4n) is 2.44. The maximum atomic E-state index is 12.5. The monoisotopic (exact) mass is 282 g/mol. The zero-order chi connectivity index (χ0) is 14.3. The van der Waals surface area contributed by atoms with Gasteiger partial charge in [-0.2, -0.15) is 5.26 Å². The van der Waals surface area contributed by atoms with Crippen molar-refractivity contribution in [1.29, 1.82) is 5.26 Å². The van der Waals surface area contributed by atoms with Crippen LogP contribution in [0.4, 0.5) is 5.69 Å². The molecule has 20 heavy (non-hydrogen) atoms. The Kier molecular flexibility index (Phi) is 2.96. The molecule has 0 aromatic heterocycles. The van der Waals surface area contributed by atoms with Gasteiger partial charge >= 0.3 is 0 Å². The largest absolute Gasteiger partial charge is 0.288 e. The Morgan fingerprint density at radius 2 is 2.00 bits per heavy atom. The molecule has 1 amide bonds. The van der Waals surface area contributed by atoms with Gasteiger partial charge in [0, 0.05) is 21.8 Å². The number of fused-ring (bicyclic) bond motifs is 1. The smallest absolute Gasteiger partial charge is 0.260 e. The molecule has 1 aliphatic heterocycles. The number of carbonyl (C=O) groups excluding carboxylic acids is 1. The Balaban J connectivity index is 2.13. The summed E-state index contributed by atoms with van der Waals surface area (Å²) in [6.07, 6.45) is 0. The van der Waals surface area contributed by atoms with Gasteiger partial charge < -0.3 is 0 Å². The van der Waals surface area contributed by atoms with Crippen molar-refractivity contribution in [3.05, 3.63) is 64.2 Å². The summed E-state index contributed by atoms with van der Waals surface area (Å²) in [5, 5.41) is 10.00. The van der Waals surface area contributed by atoms with Gasteiger partial charge in [-0.15, -0.1) is 0 Å². The molecule has 1 atom stereocenters. The van der Waals surface area contributed by atoms with Gasteiger partial charge in [0.2, 0.25) is 0 Å². The summed E-state index contributed by atoms with van der Waals surface area (Å²) in [5.74, 6) is -0.160. The van der Waals surface area contributed by atoms with Gasteiger partial charge in [-0.05, 0) is 30.7 Å². The van der Waals surface area contributed by atoms with E-state index in [4.69, 9.17) is 11.6 Å². The molecule has 2 aromatic rings. The van der Waals surface area contributed by atoms with Gasteiger partial charge in [0.25, 0.3) is 5.91 Å². The van der Waals surface area contributed by atoms with Crippen LogP contribution < -0.4 is 4.90 Å². The Labute approximate surface area is 122 Å². The summed E-state index contributed by atoms with van der Waals surface area (Å²) in [7, 11) is 0. The van der Waals surface area contributed by atoms with Crippen LogP contribution in [0, 0.1) is 18.3 Å². The highest BCUT2D eigenvalue weighted by molar-refractivity contribution is 6.31. The molecule has 1 unspecified atom stereocenters. The summed E-state index contributed by atoms with van der Waals surface area (Å²) in [6, 6.07) is 14.2. The zero-order valence-electron chi connectivity index (χ0n) is 10.8. The van der Waals surface area contributed by atoms with Crippen LogP contribution in [0.5, 0.6) is 0 Å². The average Bonchev–Trinajstić information content (AvgIpc) is 2.75. The quantitative estimate of drug-likeness (QED) is 0.797. The van der Waals surface area contributed by atoms with E-state index in [2.05, 4.69) is 6.07 Å². The summed E-state index contributed by atoms with van der Waals surface area (Å²) >= 11 is 6.12. The molecule has 3 nitrogen and oxygen atoms in total. The van der Waals surface area contributed by atoms with Crippen molar-refractivity contribution >= 4 is 23.2 Å². The van der Waals surface area contributed by atoms with E-state index in [0.29, 0.717) is 16.3 Å². The van der Waals surface area contributed by atoms with E-state index in [0.717, 1.165) is 11.1 Å². The summed E-state index contributed by atoms with van der Waals surface area (Å²) in [5.41, 5.74) is 2.91. The first-order valence-electron chi connectivity index (χ1n) is 6.21. The second-order valence-electron chi connectivity index (χ2n) is 4.73. The third-order valence-electron chi connectivity index (χ3n) is 3.52. The molecule has 0 bridgehead atoms. The second-order valence-corrected chi connectivity index (χ2v) is 5.13. The van der Waals surface area contributed by atoms with Crippen LogP contribution in [0.1, 0.15) is 27.5 Å². The Morgan fingerprint density at radius 1 is 1.25 bits per heavy atom. The molecule has 0 N–H and O–H groups in total. The fourth-order valence-corrected chi connectivity index (χ4v) is 2.62. The minimum absolute atomic E-state index is 0.160. The molecule has 0 fully saturated rings. The predicted molar refractivity (Wildman–Crippen MR) is 77.8 cm³/mol. The number of hydrogen-bond acceptors (Lipinski definition) is 2. The van der Waals surface area contributed by atoms with Gasteiger partial charge in [-0.1, -0.05) is 35.9 Å². The fraction of sp³-hybridized carbons (Fsp3) is 0.125. The minimum atomic E-state index is -0.600. The van der Waals surface area contributed by atoms with Crippen molar-refractivity contribution in [3.63, 3.8) is 0 Å². The number of rotatable bonds is 1. The van der Waals surface area contributed by atoms with Crippen molar-refractivity contribution in [1.82, 2.24) is 0 Å². The van der Waals surface area contributed by atoms with E-state index < -0.39 is 6.04 Å². The molecule has 1 aliphatic rings. The standard InChI is InChI=1S/C16H11ClN2O/c1-10-6-7-11(8-14(10)17)19-15(9-18)12-4-2-3-5-13(12)16(19)20/h2-8,15H,1H3. The third kappa shape index (κ3) is 1.77. The SMILES string of the molecule is Cc1ccc(N2C(=O)c3ccccc3C2C#N)cc1Cl. The van der Waals surface area contributed by atoms with Crippen molar-refractivity contribution < 1.29 is 4.79 Å². The lowest BCUT2D eigenvalue weighted by Crippen LogP contribution is -2.26. The first-order chi connectivity index (χ1) is 9.63. The number of nitriles is 1.